The molecule has 0 spiro atoms. The molecule has 0 saturated heterocycles. The van der Waals surface area contributed by atoms with Crippen LogP contribution in [-0.4, -0.2) is 25.0 Å². The standard InChI is InChI=1S/C21H19N5O2/c1-12-8-10-14(11-9-12)19-23-16(18(22)27)17-20(24-19)26(21(28)25(17)3)15-7-5-4-6-13(15)2/h4-11H,1-3H3,(H2,22,27). The van der Waals surface area contributed by atoms with Gasteiger partial charge in [-0.1, -0.05) is 48.0 Å². The zero-order chi connectivity index (χ0) is 20.0. The van der Waals surface area contributed by atoms with Gasteiger partial charge in [0.15, 0.2) is 17.2 Å². The number of primary amides is 1. The van der Waals surface area contributed by atoms with Gasteiger partial charge in [-0.25, -0.2) is 19.3 Å². The van der Waals surface area contributed by atoms with E-state index < -0.39 is 5.91 Å². The SMILES string of the molecule is Cc1ccc(-c2nc(C(N)=O)c3c(n2)n(-c2ccccc2C)c(=O)n3C)cc1. The molecule has 0 fully saturated rings. The number of para-hydroxylation sites is 1. The van der Waals surface area contributed by atoms with Gasteiger partial charge in [0.1, 0.15) is 5.52 Å². The number of hydrogen-bond donors (Lipinski definition) is 1. The summed E-state index contributed by atoms with van der Waals surface area (Å²) < 4.78 is 2.86. The normalized spacial score (nSPS) is 11.1. The fraction of sp³-hybridized carbons (Fsp3) is 0.143. The van der Waals surface area contributed by atoms with Crippen LogP contribution in [-0.2, 0) is 7.05 Å². The van der Waals surface area contributed by atoms with Crippen molar-refractivity contribution in [3.05, 3.63) is 75.8 Å². The zero-order valence-electron chi connectivity index (χ0n) is 15.8. The number of benzene rings is 2. The van der Waals surface area contributed by atoms with Crippen LogP contribution in [0.15, 0.2) is 53.3 Å². The van der Waals surface area contributed by atoms with E-state index >= 15 is 0 Å². The van der Waals surface area contributed by atoms with Crippen molar-refractivity contribution in [2.24, 2.45) is 12.8 Å². The van der Waals surface area contributed by atoms with Crippen LogP contribution in [0.2, 0.25) is 0 Å². The van der Waals surface area contributed by atoms with E-state index in [1.807, 2.05) is 62.4 Å². The minimum absolute atomic E-state index is 0.0208. The molecule has 0 unspecified atom stereocenters. The second-order valence-corrected chi connectivity index (χ2v) is 6.76. The van der Waals surface area contributed by atoms with Gasteiger partial charge in [0, 0.05) is 12.6 Å². The molecular weight excluding hydrogens is 354 g/mol. The third-order valence-corrected chi connectivity index (χ3v) is 4.79. The number of aromatic nitrogens is 4. The highest BCUT2D eigenvalue weighted by Gasteiger charge is 2.23. The molecule has 2 aromatic heterocycles. The fourth-order valence-corrected chi connectivity index (χ4v) is 3.28. The summed E-state index contributed by atoms with van der Waals surface area (Å²) in [6.45, 7) is 3.90. The van der Waals surface area contributed by atoms with Crippen LogP contribution < -0.4 is 11.4 Å². The molecule has 140 valence electrons. The topological polar surface area (TPSA) is 95.8 Å². The molecule has 7 nitrogen and oxygen atoms in total. The quantitative estimate of drug-likeness (QED) is 0.597. The van der Waals surface area contributed by atoms with Gasteiger partial charge in [0.05, 0.1) is 5.69 Å². The molecule has 0 radical (unpaired) electrons. The van der Waals surface area contributed by atoms with Gasteiger partial charge in [-0.2, -0.15) is 0 Å². The molecule has 7 heteroatoms. The average molecular weight is 373 g/mol. The Balaban J connectivity index is 2.13. The summed E-state index contributed by atoms with van der Waals surface area (Å²) in [5.41, 5.74) is 9.40. The molecule has 0 aliphatic heterocycles. The lowest BCUT2D eigenvalue weighted by atomic mass is 10.1. The number of amides is 1. The number of fused-ring (bicyclic) bond motifs is 1. The average Bonchev–Trinajstić information content (AvgIpc) is 2.93. The van der Waals surface area contributed by atoms with E-state index in [0.29, 0.717) is 22.7 Å². The predicted octanol–water partition coefficient (Wildman–Crippen LogP) is 2.50. The maximum absolute atomic E-state index is 13.0. The van der Waals surface area contributed by atoms with Crippen LogP contribution in [0.4, 0.5) is 0 Å². The minimum Gasteiger partial charge on any atom is -0.364 e. The maximum atomic E-state index is 13.0. The van der Waals surface area contributed by atoms with Crippen molar-refractivity contribution in [2.75, 3.05) is 0 Å². The van der Waals surface area contributed by atoms with Crippen molar-refractivity contribution in [2.45, 2.75) is 13.8 Å². The van der Waals surface area contributed by atoms with Gasteiger partial charge < -0.3 is 5.73 Å². The van der Waals surface area contributed by atoms with E-state index in [1.54, 1.807) is 7.05 Å². The summed E-state index contributed by atoms with van der Waals surface area (Å²) in [7, 11) is 1.58. The van der Waals surface area contributed by atoms with Gasteiger partial charge in [-0.05, 0) is 25.5 Å². The molecule has 28 heavy (non-hydrogen) atoms. The van der Waals surface area contributed by atoms with Crippen molar-refractivity contribution in [1.29, 1.82) is 0 Å². The second-order valence-electron chi connectivity index (χ2n) is 6.76. The van der Waals surface area contributed by atoms with Gasteiger partial charge in [0.2, 0.25) is 0 Å². The number of aryl methyl sites for hydroxylation is 3. The summed E-state index contributed by atoms with van der Waals surface area (Å²) in [5, 5.41) is 0. The van der Waals surface area contributed by atoms with E-state index in [0.717, 1.165) is 16.7 Å². The number of hydrogen-bond acceptors (Lipinski definition) is 4. The number of carbonyl (C=O) groups excluding carboxylic acids is 1. The first-order chi connectivity index (χ1) is 13.4. The Bertz CT molecular complexity index is 1280. The Morgan fingerprint density at radius 3 is 2.32 bits per heavy atom. The zero-order valence-corrected chi connectivity index (χ0v) is 15.8. The first-order valence-corrected chi connectivity index (χ1v) is 8.81. The summed E-state index contributed by atoms with van der Waals surface area (Å²) in [6.07, 6.45) is 0. The minimum atomic E-state index is -0.710. The Morgan fingerprint density at radius 1 is 1.00 bits per heavy atom. The van der Waals surface area contributed by atoms with Crippen LogP contribution in [0.1, 0.15) is 21.6 Å². The molecule has 4 aromatic rings. The molecule has 0 aliphatic carbocycles. The molecule has 2 N–H and O–H groups in total. The highest BCUT2D eigenvalue weighted by atomic mass is 16.2. The molecule has 0 atom stereocenters. The Labute approximate surface area is 161 Å². The Hall–Kier alpha value is -3.74. The molecule has 0 aliphatic rings. The van der Waals surface area contributed by atoms with Crippen molar-refractivity contribution in [1.82, 2.24) is 19.1 Å². The van der Waals surface area contributed by atoms with E-state index in [1.165, 1.54) is 9.13 Å². The third kappa shape index (κ3) is 2.68. The maximum Gasteiger partial charge on any atom is 0.334 e. The van der Waals surface area contributed by atoms with Gasteiger partial charge in [-0.3, -0.25) is 9.36 Å². The second kappa shape index (κ2) is 6.45. The number of nitrogens with two attached hydrogens (primary N) is 1. The Kier molecular flexibility index (Phi) is 4.07. The Morgan fingerprint density at radius 2 is 1.68 bits per heavy atom. The molecule has 1 amide bonds. The number of nitrogens with zero attached hydrogens (tertiary/aromatic N) is 4. The molecule has 0 saturated carbocycles. The lowest BCUT2D eigenvalue weighted by molar-refractivity contribution is 0.0997. The molecule has 2 aromatic carbocycles. The predicted molar refractivity (Wildman–Crippen MR) is 108 cm³/mol. The smallest absolute Gasteiger partial charge is 0.334 e. The molecular formula is C21H19N5O2. The van der Waals surface area contributed by atoms with Crippen molar-refractivity contribution in [3.63, 3.8) is 0 Å². The number of imidazole rings is 1. The van der Waals surface area contributed by atoms with Crippen LogP contribution in [0.25, 0.3) is 28.2 Å². The van der Waals surface area contributed by atoms with Crippen molar-refractivity contribution >= 4 is 17.1 Å². The summed E-state index contributed by atoms with van der Waals surface area (Å²) in [6, 6.07) is 15.1. The van der Waals surface area contributed by atoms with Crippen LogP contribution in [0.5, 0.6) is 0 Å². The lowest BCUT2D eigenvalue weighted by Gasteiger charge is -2.08. The van der Waals surface area contributed by atoms with Crippen LogP contribution >= 0.6 is 0 Å². The number of rotatable bonds is 3. The van der Waals surface area contributed by atoms with Crippen LogP contribution in [0, 0.1) is 13.8 Å². The summed E-state index contributed by atoms with van der Waals surface area (Å²) in [4.78, 5) is 34.2. The monoisotopic (exact) mass is 373 g/mol. The van der Waals surface area contributed by atoms with E-state index in [4.69, 9.17) is 5.73 Å². The summed E-state index contributed by atoms with van der Waals surface area (Å²) >= 11 is 0. The van der Waals surface area contributed by atoms with Crippen molar-refractivity contribution < 1.29 is 4.79 Å². The third-order valence-electron chi connectivity index (χ3n) is 4.79. The highest BCUT2D eigenvalue weighted by molar-refractivity contribution is 6.02. The largest absolute Gasteiger partial charge is 0.364 e. The molecule has 4 rings (SSSR count). The van der Waals surface area contributed by atoms with Gasteiger partial charge in [0.25, 0.3) is 5.91 Å². The van der Waals surface area contributed by atoms with E-state index in [2.05, 4.69) is 9.97 Å². The van der Waals surface area contributed by atoms with E-state index in [9.17, 15) is 9.59 Å². The first-order valence-electron chi connectivity index (χ1n) is 8.81. The fourth-order valence-electron chi connectivity index (χ4n) is 3.28. The van der Waals surface area contributed by atoms with Gasteiger partial charge in [-0.15, -0.1) is 0 Å². The van der Waals surface area contributed by atoms with Crippen molar-refractivity contribution in [3.8, 4) is 17.1 Å². The number of carbonyl (C=O) groups is 1. The lowest BCUT2D eigenvalue weighted by Crippen LogP contribution is -2.22. The van der Waals surface area contributed by atoms with Crippen LogP contribution in [0.3, 0.4) is 0 Å². The molecule has 2 heterocycles. The van der Waals surface area contributed by atoms with Gasteiger partial charge >= 0.3 is 5.69 Å². The van der Waals surface area contributed by atoms with E-state index in [-0.39, 0.29) is 11.4 Å². The summed E-state index contributed by atoms with van der Waals surface area (Å²) in [5.74, 6) is -0.368. The highest BCUT2D eigenvalue weighted by Crippen LogP contribution is 2.24. The molecule has 0 bridgehead atoms. The first kappa shape index (κ1) is 17.7.